The van der Waals surface area contributed by atoms with Crippen LogP contribution in [0, 0.1) is 13.8 Å². The van der Waals surface area contributed by atoms with Gasteiger partial charge in [0.1, 0.15) is 13.6 Å². The topological polar surface area (TPSA) is 20.2 Å². The molecule has 0 amide bonds. The average molecular weight is 290 g/mol. The molecule has 0 atom stereocenters. The summed E-state index contributed by atoms with van der Waals surface area (Å²) >= 11 is 6.57. The molecule has 0 aliphatic heterocycles. The third kappa shape index (κ3) is 1.42. The van der Waals surface area contributed by atoms with Gasteiger partial charge in [-0.15, -0.1) is 0 Å². The Morgan fingerprint density at radius 2 is 1.58 bits per heavy atom. The fourth-order valence-corrected chi connectivity index (χ4v) is 1.96. The van der Waals surface area contributed by atoms with Gasteiger partial charge in [-0.25, -0.2) is 0 Å². The molecule has 0 aliphatic rings. The van der Waals surface area contributed by atoms with Crippen molar-refractivity contribution in [3.05, 3.63) is 20.1 Å². The fourth-order valence-electron chi connectivity index (χ4n) is 0.960. The number of phenolic OH excluding ortho intramolecular Hbond substituents is 1. The van der Waals surface area contributed by atoms with Crippen LogP contribution in [0.25, 0.3) is 0 Å². The Balaban J connectivity index is 3.60. The molecule has 12 heavy (non-hydrogen) atoms. The van der Waals surface area contributed by atoms with Gasteiger partial charge in [-0.2, -0.15) is 0 Å². The molecule has 0 saturated heterocycles. The molecule has 0 aromatic heterocycles. The molecule has 0 unspecified atom stereocenters. The van der Waals surface area contributed by atoms with Crippen LogP contribution in [0.15, 0.2) is 8.95 Å². The average Bonchev–Trinajstić information content (AvgIpc) is 2.08. The van der Waals surface area contributed by atoms with Crippen molar-refractivity contribution in [2.45, 2.75) is 13.8 Å². The van der Waals surface area contributed by atoms with Crippen molar-refractivity contribution >= 4 is 45.2 Å². The van der Waals surface area contributed by atoms with Gasteiger partial charge in [0.05, 0.1) is 4.47 Å². The van der Waals surface area contributed by atoms with Crippen LogP contribution in [0.3, 0.4) is 0 Å². The summed E-state index contributed by atoms with van der Waals surface area (Å²) in [6.45, 7) is 3.73. The molecule has 1 rings (SSSR count). The lowest BCUT2D eigenvalue weighted by atomic mass is 9.89. The summed E-state index contributed by atoms with van der Waals surface area (Å²) < 4.78 is 1.43. The van der Waals surface area contributed by atoms with Crippen LogP contribution in [-0.4, -0.2) is 13.0 Å². The number of benzene rings is 1. The van der Waals surface area contributed by atoms with Gasteiger partial charge in [-0.05, 0) is 35.3 Å². The molecule has 62 valence electrons. The van der Waals surface area contributed by atoms with Crippen LogP contribution in [0.1, 0.15) is 11.1 Å². The smallest absolute Gasteiger partial charge is 0.133 e. The highest BCUT2D eigenvalue weighted by atomic mass is 79.9. The zero-order valence-electron chi connectivity index (χ0n) is 6.78. The largest absolute Gasteiger partial charge is 0.506 e. The normalized spacial score (nSPS) is 10.3. The first-order chi connectivity index (χ1) is 5.46. The van der Waals surface area contributed by atoms with Crippen LogP contribution >= 0.6 is 31.9 Å². The summed E-state index contributed by atoms with van der Waals surface area (Å²) in [5.41, 5.74) is 2.32. The number of phenols is 1. The SMILES string of the molecule is [B]c1c(C)c(Br)c(C)c(O)c1Br. The van der Waals surface area contributed by atoms with Crippen molar-refractivity contribution in [3.63, 3.8) is 0 Å². The van der Waals surface area contributed by atoms with E-state index >= 15 is 0 Å². The standard InChI is InChI=1S/C8H7BBr2O/c1-3-5(9)7(11)8(12)4(2)6(3)10/h12H,1-2H3. The Bertz CT molecular complexity index is 231. The lowest BCUT2D eigenvalue weighted by Gasteiger charge is -2.12. The van der Waals surface area contributed by atoms with Crippen molar-refractivity contribution < 1.29 is 5.11 Å². The second-order valence-corrected chi connectivity index (χ2v) is 4.23. The van der Waals surface area contributed by atoms with E-state index in [2.05, 4.69) is 31.9 Å². The zero-order chi connectivity index (χ0) is 9.46. The van der Waals surface area contributed by atoms with Crippen LogP contribution in [-0.2, 0) is 0 Å². The minimum absolute atomic E-state index is 0.199. The number of hydrogen-bond acceptors (Lipinski definition) is 1. The first kappa shape index (κ1) is 10.1. The Kier molecular flexibility index (Phi) is 2.89. The molecule has 0 fully saturated rings. The van der Waals surface area contributed by atoms with E-state index in [4.69, 9.17) is 7.85 Å². The molecule has 0 aliphatic carbocycles. The number of rotatable bonds is 0. The van der Waals surface area contributed by atoms with Crippen LogP contribution < -0.4 is 5.46 Å². The highest BCUT2D eigenvalue weighted by Crippen LogP contribution is 2.33. The molecule has 0 spiro atoms. The van der Waals surface area contributed by atoms with Gasteiger partial charge in [-0.3, -0.25) is 0 Å². The van der Waals surface area contributed by atoms with Crippen LogP contribution in [0.4, 0.5) is 0 Å². The van der Waals surface area contributed by atoms with Crippen molar-refractivity contribution in [2.75, 3.05) is 0 Å². The Hall–Kier alpha value is 0.0449. The van der Waals surface area contributed by atoms with E-state index in [1.165, 1.54) is 0 Å². The van der Waals surface area contributed by atoms with E-state index in [9.17, 15) is 5.11 Å². The Morgan fingerprint density at radius 1 is 1.08 bits per heavy atom. The van der Waals surface area contributed by atoms with Gasteiger partial charge in [-0.1, -0.05) is 21.4 Å². The Labute approximate surface area is 89.8 Å². The van der Waals surface area contributed by atoms with E-state index in [0.717, 1.165) is 15.6 Å². The lowest BCUT2D eigenvalue weighted by molar-refractivity contribution is 0.467. The summed E-state index contributed by atoms with van der Waals surface area (Å²) in [6.07, 6.45) is 0. The van der Waals surface area contributed by atoms with E-state index in [-0.39, 0.29) is 5.75 Å². The van der Waals surface area contributed by atoms with E-state index < -0.39 is 0 Å². The van der Waals surface area contributed by atoms with E-state index in [1.807, 2.05) is 13.8 Å². The number of aromatic hydroxyl groups is 1. The molecule has 0 heterocycles. The molecule has 4 heteroatoms. The van der Waals surface area contributed by atoms with Gasteiger partial charge in [0, 0.05) is 10.0 Å². The maximum Gasteiger partial charge on any atom is 0.133 e. The third-order valence-corrected chi connectivity index (χ3v) is 3.85. The fraction of sp³-hybridized carbons (Fsp3) is 0.250. The maximum atomic E-state index is 9.54. The first-order valence-electron chi connectivity index (χ1n) is 3.39. The number of hydrogen-bond donors (Lipinski definition) is 1. The monoisotopic (exact) mass is 288 g/mol. The quantitative estimate of drug-likeness (QED) is 0.727. The third-order valence-electron chi connectivity index (χ3n) is 1.86. The van der Waals surface area contributed by atoms with E-state index in [1.54, 1.807) is 0 Å². The molecule has 1 aromatic rings. The molecule has 2 radical (unpaired) electrons. The van der Waals surface area contributed by atoms with Gasteiger partial charge in [0.2, 0.25) is 0 Å². The maximum absolute atomic E-state index is 9.54. The summed E-state index contributed by atoms with van der Waals surface area (Å²) in [5.74, 6) is 0.199. The molecule has 1 nitrogen and oxygen atoms in total. The summed E-state index contributed by atoms with van der Waals surface area (Å²) in [4.78, 5) is 0. The second-order valence-electron chi connectivity index (χ2n) is 2.64. The predicted molar refractivity (Wildman–Crippen MR) is 58.4 cm³/mol. The van der Waals surface area contributed by atoms with Crippen molar-refractivity contribution in [1.29, 1.82) is 0 Å². The van der Waals surface area contributed by atoms with Crippen LogP contribution in [0.2, 0.25) is 0 Å². The van der Waals surface area contributed by atoms with Crippen molar-refractivity contribution in [2.24, 2.45) is 0 Å². The molecular formula is C8H7BBr2O. The van der Waals surface area contributed by atoms with Crippen LogP contribution in [0.5, 0.6) is 5.75 Å². The van der Waals surface area contributed by atoms with E-state index in [0.29, 0.717) is 9.94 Å². The summed E-state index contributed by atoms with van der Waals surface area (Å²) in [5, 5.41) is 9.54. The number of halogens is 2. The molecule has 0 saturated carbocycles. The minimum atomic E-state index is 0.199. The Morgan fingerprint density at radius 3 is 2.08 bits per heavy atom. The van der Waals surface area contributed by atoms with Gasteiger partial charge in [0.25, 0.3) is 0 Å². The molecule has 1 N–H and O–H groups in total. The van der Waals surface area contributed by atoms with Crippen molar-refractivity contribution in [3.8, 4) is 5.75 Å². The second kappa shape index (κ2) is 3.42. The highest BCUT2D eigenvalue weighted by molar-refractivity contribution is 9.11. The first-order valence-corrected chi connectivity index (χ1v) is 4.98. The molecule has 0 bridgehead atoms. The summed E-state index contributed by atoms with van der Waals surface area (Å²) in [6, 6.07) is 0. The molecule has 1 aromatic carbocycles. The lowest BCUT2D eigenvalue weighted by Crippen LogP contribution is -2.11. The zero-order valence-corrected chi connectivity index (χ0v) is 9.95. The van der Waals surface area contributed by atoms with Crippen molar-refractivity contribution in [1.82, 2.24) is 0 Å². The molecular weight excluding hydrogens is 283 g/mol. The minimum Gasteiger partial charge on any atom is -0.506 e. The highest BCUT2D eigenvalue weighted by Gasteiger charge is 2.12. The summed E-state index contributed by atoms with van der Waals surface area (Å²) in [7, 11) is 5.72. The van der Waals surface area contributed by atoms with Gasteiger partial charge < -0.3 is 5.11 Å². The van der Waals surface area contributed by atoms with Gasteiger partial charge >= 0.3 is 0 Å². The van der Waals surface area contributed by atoms with Gasteiger partial charge in [0.15, 0.2) is 0 Å². The predicted octanol–water partition coefficient (Wildman–Crippen LogP) is 2.33.